The van der Waals surface area contributed by atoms with E-state index in [-0.39, 0.29) is 16.6 Å². The van der Waals surface area contributed by atoms with Crippen LogP contribution in [0.5, 0.6) is 0 Å². The number of pyridine rings is 2. The van der Waals surface area contributed by atoms with E-state index >= 15 is 0 Å². The molecule has 2 N–H and O–H groups in total. The molecule has 0 bridgehead atoms. The van der Waals surface area contributed by atoms with Gasteiger partial charge in [-0.05, 0) is 119 Å². The zero-order chi connectivity index (χ0) is 37.9. The molecule has 280 valence electrons. The van der Waals surface area contributed by atoms with Gasteiger partial charge in [-0.1, -0.05) is 36.0 Å². The molecule has 0 aliphatic heterocycles. The minimum absolute atomic E-state index is 0.0322. The number of nitrogens with zero attached hydrogens (tertiary/aromatic N) is 4. The van der Waals surface area contributed by atoms with Crippen LogP contribution in [-0.4, -0.2) is 48.9 Å². The van der Waals surface area contributed by atoms with Crippen LogP contribution in [0.15, 0.2) is 79.8 Å². The van der Waals surface area contributed by atoms with E-state index in [0.717, 1.165) is 48.1 Å². The van der Waals surface area contributed by atoms with Crippen molar-refractivity contribution < 1.29 is 25.9 Å². The molecule has 6 aromatic rings. The molecule has 14 heteroatoms. The highest BCUT2D eigenvalue weighted by Crippen LogP contribution is 2.36. The van der Waals surface area contributed by atoms with Crippen LogP contribution in [0.1, 0.15) is 74.3 Å². The molecule has 0 amide bonds. The number of benzene rings is 2. The first-order valence-electron chi connectivity index (χ1n) is 17.8. The van der Waals surface area contributed by atoms with Crippen LogP contribution in [0, 0.1) is 33.6 Å². The van der Waals surface area contributed by atoms with Crippen molar-refractivity contribution in [3.63, 3.8) is 0 Å². The van der Waals surface area contributed by atoms with Crippen molar-refractivity contribution in [1.29, 1.82) is 0 Å². The van der Waals surface area contributed by atoms with Crippen LogP contribution in [0.4, 0.5) is 0 Å². The van der Waals surface area contributed by atoms with E-state index in [1.807, 2.05) is 26.0 Å². The normalized spacial score (nSPS) is 15.4. The highest BCUT2D eigenvalue weighted by Gasteiger charge is 2.27. The van der Waals surface area contributed by atoms with Crippen molar-refractivity contribution >= 4 is 51.4 Å². The maximum Gasteiger partial charge on any atom is 0.262 e. The molecule has 4 heterocycles. The first-order chi connectivity index (χ1) is 25.2. The fourth-order valence-electron chi connectivity index (χ4n) is 7.37. The predicted molar refractivity (Wildman–Crippen MR) is 207 cm³/mol. The van der Waals surface area contributed by atoms with E-state index in [1.54, 1.807) is 56.6 Å². The van der Waals surface area contributed by atoms with Crippen molar-refractivity contribution in [2.24, 2.45) is 11.7 Å². The molecule has 0 atom stereocenters. The smallest absolute Gasteiger partial charge is 0.262 e. The van der Waals surface area contributed by atoms with Crippen molar-refractivity contribution in [3.8, 4) is 22.3 Å². The van der Waals surface area contributed by atoms with Crippen LogP contribution in [0.2, 0.25) is 0 Å². The van der Waals surface area contributed by atoms with Gasteiger partial charge < -0.3 is 14.8 Å². The minimum Gasteiger partial charge on any atom is -0.361 e. The lowest BCUT2D eigenvalue weighted by molar-refractivity contribution is 0.393. The Morgan fingerprint density at radius 1 is 0.698 bits per heavy atom. The number of nitrogens with two attached hydrogens (primary N) is 1. The summed E-state index contributed by atoms with van der Waals surface area (Å²) in [5.41, 5.74) is 11.2. The van der Waals surface area contributed by atoms with Gasteiger partial charge in [0, 0.05) is 51.0 Å². The third kappa shape index (κ3) is 8.80. The molecule has 8 rings (SSSR count). The summed E-state index contributed by atoms with van der Waals surface area (Å²) in [5.74, 6) is 1.76. The number of sulfone groups is 1. The Labute approximate surface area is 314 Å². The fraction of sp³-hybridized carbons (Fsp3) is 0.385. The summed E-state index contributed by atoms with van der Waals surface area (Å²) in [7, 11) is -1.73. The van der Waals surface area contributed by atoms with E-state index < -0.39 is 18.9 Å². The molecule has 0 spiro atoms. The summed E-state index contributed by atoms with van der Waals surface area (Å²) in [5, 5.41) is 9.06. The van der Waals surface area contributed by atoms with E-state index in [0.29, 0.717) is 55.5 Å². The first kappa shape index (κ1) is 38.6. The lowest BCUT2D eigenvalue weighted by Crippen LogP contribution is -2.14. The molecular formula is C39H44ClN5O6S2. The largest absolute Gasteiger partial charge is 0.361 e. The maximum atomic E-state index is 13.2. The molecule has 53 heavy (non-hydrogen) atoms. The molecule has 0 radical (unpaired) electrons. The first-order valence-corrected chi connectivity index (χ1v) is 21.8. The lowest BCUT2D eigenvalue weighted by atomic mass is 10.0. The Hall–Kier alpha value is -4.17. The molecule has 2 aliphatic carbocycles. The fourth-order valence-corrected chi connectivity index (χ4v) is 10.4. The van der Waals surface area contributed by atoms with Gasteiger partial charge in [0.05, 0.1) is 38.0 Å². The van der Waals surface area contributed by atoms with E-state index in [9.17, 15) is 16.8 Å². The van der Waals surface area contributed by atoms with Crippen LogP contribution in [0.25, 0.3) is 44.1 Å². The molecule has 2 saturated carbocycles. The number of aryl methyl sites for hydroxylation is 4. The van der Waals surface area contributed by atoms with Crippen molar-refractivity contribution in [2.75, 3.05) is 5.75 Å². The third-order valence-electron chi connectivity index (χ3n) is 9.94. The number of hydrogen-bond donors (Lipinski definition) is 1. The van der Waals surface area contributed by atoms with Gasteiger partial charge in [-0.25, -0.2) is 16.8 Å². The average molecular weight is 778 g/mol. The van der Waals surface area contributed by atoms with Crippen molar-refractivity contribution in [1.82, 2.24) is 20.3 Å². The zero-order valence-electron chi connectivity index (χ0n) is 30.3. The Kier molecular flexibility index (Phi) is 11.7. The quantitative estimate of drug-likeness (QED) is 0.160. The van der Waals surface area contributed by atoms with Crippen LogP contribution < -0.4 is 5.73 Å². The average Bonchev–Trinajstić information content (AvgIpc) is 3.94. The summed E-state index contributed by atoms with van der Waals surface area (Å²) in [6.07, 6.45) is 12.8. The van der Waals surface area contributed by atoms with Crippen LogP contribution in [0.3, 0.4) is 0 Å². The Morgan fingerprint density at radius 2 is 1.15 bits per heavy atom. The Balaban J connectivity index is 0.000000159. The van der Waals surface area contributed by atoms with Gasteiger partial charge in [0.1, 0.15) is 11.5 Å². The predicted octanol–water partition coefficient (Wildman–Crippen LogP) is 8.79. The van der Waals surface area contributed by atoms with Crippen molar-refractivity contribution in [2.45, 2.75) is 94.9 Å². The molecule has 2 aromatic carbocycles. The van der Waals surface area contributed by atoms with Crippen LogP contribution in [-0.2, 0) is 18.9 Å². The monoisotopic (exact) mass is 777 g/mol. The summed E-state index contributed by atoms with van der Waals surface area (Å²) >= 11 is 0. The highest BCUT2D eigenvalue weighted by molar-refractivity contribution is 8.14. The minimum atomic E-state index is -3.89. The molecule has 4 aromatic heterocycles. The summed E-state index contributed by atoms with van der Waals surface area (Å²) < 4.78 is 60.5. The second-order valence-corrected chi connectivity index (χ2v) is 18.4. The molecular weight excluding hydrogens is 734 g/mol. The van der Waals surface area contributed by atoms with E-state index in [2.05, 4.69) is 20.3 Å². The second kappa shape index (κ2) is 16.1. The van der Waals surface area contributed by atoms with Gasteiger partial charge in [0.15, 0.2) is 9.84 Å². The number of hydrogen-bond acceptors (Lipinski definition) is 11. The van der Waals surface area contributed by atoms with Gasteiger partial charge in [-0.15, -0.1) is 0 Å². The Morgan fingerprint density at radius 3 is 1.57 bits per heavy atom. The van der Waals surface area contributed by atoms with Crippen molar-refractivity contribution in [3.05, 3.63) is 83.8 Å². The van der Waals surface area contributed by atoms with Gasteiger partial charge in [0.2, 0.25) is 0 Å². The van der Waals surface area contributed by atoms with Crippen LogP contribution >= 0.6 is 10.7 Å². The summed E-state index contributed by atoms with van der Waals surface area (Å²) in [6, 6.07) is 14.5. The molecule has 11 nitrogen and oxygen atoms in total. The molecule has 0 unspecified atom stereocenters. The zero-order valence-corrected chi connectivity index (χ0v) is 32.7. The van der Waals surface area contributed by atoms with E-state index in [4.69, 9.17) is 25.5 Å². The standard InChI is InChI=1S/C20H22N2O3S.C14H11ClN2O3S.C5H11N/c1-13-20(14(2)25-22-13)16-10-18-17(8-5-9-21-18)19(11-16)26(23,24)12-15-6-3-4-7-15;1-8-14(9(2)20-17-8)10-6-12-11(4-3-5-16-12)13(7-10)21(15,18)19;6-5-3-1-2-4-5/h5,8-11,15H,3-4,6-7,12H2,1-2H3;3-7H,1-2H3;5H,1-4,6H2. The number of aromatic nitrogens is 4. The van der Waals surface area contributed by atoms with Gasteiger partial charge in [-0.3, -0.25) is 9.97 Å². The van der Waals surface area contributed by atoms with E-state index in [1.165, 1.54) is 31.7 Å². The third-order valence-corrected chi connectivity index (χ3v) is 13.2. The van der Waals surface area contributed by atoms with Gasteiger partial charge in [0.25, 0.3) is 9.05 Å². The Bertz CT molecular complexity index is 2430. The molecule has 2 fully saturated rings. The molecule has 0 saturated heterocycles. The summed E-state index contributed by atoms with van der Waals surface area (Å²) in [4.78, 5) is 9.01. The number of rotatable bonds is 6. The highest BCUT2D eigenvalue weighted by atomic mass is 35.7. The van der Waals surface area contributed by atoms with Gasteiger partial charge in [-0.2, -0.15) is 0 Å². The SMILES string of the molecule is Cc1noc(C)c1-c1cc(S(=O)(=O)CC2CCCC2)c2cccnc2c1.Cc1noc(C)c1-c1cc(S(=O)(=O)Cl)c2cccnc2c1.NC1CCCC1. The summed E-state index contributed by atoms with van der Waals surface area (Å²) in [6.45, 7) is 7.27. The topological polar surface area (TPSA) is 172 Å². The maximum absolute atomic E-state index is 13.2. The number of halogens is 1. The number of fused-ring (bicyclic) bond motifs is 2. The lowest BCUT2D eigenvalue weighted by Gasteiger charge is -2.14. The molecule has 2 aliphatic rings. The second-order valence-electron chi connectivity index (χ2n) is 13.9. The van der Waals surface area contributed by atoms with Gasteiger partial charge >= 0.3 is 0 Å².